The lowest BCUT2D eigenvalue weighted by Gasteiger charge is -2.36. The van der Waals surface area contributed by atoms with Crippen molar-refractivity contribution in [2.24, 2.45) is 0 Å². The maximum Gasteiger partial charge on any atom is 0.272 e. The predicted molar refractivity (Wildman–Crippen MR) is 88.9 cm³/mol. The first kappa shape index (κ1) is 16.3. The van der Waals surface area contributed by atoms with Crippen LogP contribution >= 0.6 is 11.8 Å². The van der Waals surface area contributed by atoms with Crippen LogP contribution in [0.5, 0.6) is 0 Å². The fourth-order valence-electron chi connectivity index (χ4n) is 3.05. The monoisotopic (exact) mass is 308 g/mol. The minimum Gasteiger partial charge on any atom is -0.311 e. The number of nitrogens with zero attached hydrogens (tertiary/aromatic N) is 1. The number of nitro benzene ring substituents is 1. The quantitative estimate of drug-likeness (QED) is 0.636. The van der Waals surface area contributed by atoms with Crippen LogP contribution in [0, 0.1) is 17.0 Å². The van der Waals surface area contributed by atoms with Gasteiger partial charge in [0.05, 0.1) is 4.92 Å². The maximum absolute atomic E-state index is 11.0. The summed E-state index contributed by atoms with van der Waals surface area (Å²) in [6.45, 7) is 3.46. The average Bonchev–Trinajstić information content (AvgIpc) is 2.49. The van der Waals surface area contributed by atoms with E-state index in [1.54, 1.807) is 13.0 Å². The van der Waals surface area contributed by atoms with Crippen molar-refractivity contribution in [1.82, 2.24) is 5.32 Å². The Balaban J connectivity index is 1.93. The molecule has 1 fully saturated rings. The second kappa shape index (κ2) is 7.27. The standard InChI is InChI=1S/C16H24N2O2S/c1-13-6-7-14(10-15(13)18(19)20)11-17-12-16(21-2)8-4-3-5-9-16/h6-7,10,17H,3-5,8-9,11-12H2,1-2H3. The molecule has 4 nitrogen and oxygen atoms in total. The fraction of sp³-hybridized carbons (Fsp3) is 0.625. The Morgan fingerprint density at radius 3 is 2.67 bits per heavy atom. The highest BCUT2D eigenvalue weighted by Crippen LogP contribution is 2.38. The van der Waals surface area contributed by atoms with Gasteiger partial charge in [-0.2, -0.15) is 11.8 Å². The molecule has 1 aromatic carbocycles. The zero-order valence-corrected chi connectivity index (χ0v) is 13.7. The second-order valence-corrected chi connectivity index (χ2v) is 7.20. The van der Waals surface area contributed by atoms with Gasteiger partial charge in [0, 0.05) is 29.5 Å². The Hall–Kier alpha value is -1.07. The molecule has 0 bridgehead atoms. The lowest BCUT2D eigenvalue weighted by atomic mass is 9.88. The summed E-state index contributed by atoms with van der Waals surface area (Å²) in [5.74, 6) is 0. The molecule has 1 aliphatic rings. The molecule has 0 saturated heterocycles. The number of hydrogen-bond donors (Lipinski definition) is 1. The van der Waals surface area contributed by atoms with Crippen molar-refractivity contribution < 1.29 is 4.92 Å². The summed E-state index contributed by atoms with van der Waals surface area (Å²) in [7, 11) is 0. The highest BCUT2D eigenvalue weighted by atomic mass is 32.2. The molecule has 0 aliphatic heterocycles. The van der Waals surface area contributed by atoms with Gasteiger partial charge in [-0.15, -0.1) is 0 Å². The van der Waals surface area contributed by atoms with E-state index in [0.29, 0.717) is 11.3 Å². The lowest BCUT2D eigenvalue weighted by molar-refractivity contribution is -0.385. The van der Waals surface area contributed by atoms with Crippen molar-refractivity contribution in [2.45, 2.75) is 50.3 Å². The summed E-state index contributed by atoms with van der Waals surface area (Å²) in [5, 5.41) is 14.5. The summed E-state index contributed by atoms with van der Waals surface area (Å²) in [5.41, 5.74) is 1.92. The summed E-state index contributed by atoms with van der Waals surface area (Å²) >= 11 is 1.97. The highest BCUT2D eigenvalue weighted by molar-refractivity contribution is 8.00. The van der Waals surface area contributed by atoms with E-state index in [0.717, 1.165) is 17.7 Å². The molecule has 1 aromatic rings. The van der Waals surface area contributed by atoms with Crippen LogP contribution in [0.4, 0.5) is 5.69 Å². The smallest absolute Gasteiger partial charge is 0.272 e. The van der Waals surface area contributed by atoms with E-state index in [4.69, 9.17) is 0 Å². The van der Waals surface area contributed by atoms with E-state index in [-0.39, 0.29) is 10.6 Å². The molecule has 1 aliphatic carbocycles. The summed E-state index contributed by atoms with van der Waals surface area (Å²) in [4.78, 5) is 10.7. The Labute approximate surface area is 130 Å². The van der Waals surface area contributed by atoms with Gasteiger partial charge in [-0.05, 0) is 31.6 Å². The van der Waals surface area contributed by atoms with Crippen LogP contribution < -0.4 is 5.32 Å². The molecule has 2 rings (SSSR count). The molecule has 116 valence electrons. The van der Waals surface area contributed by atoms with Crippen LogP contribution in [0.25, 0.3) is 0 Å². The molecule has 0 heterocycles. The molecule has 0 spiro atoms. The van der Waals surface area contributed by atoms with Gasteiger partial charge in [-0.25, -0.2) is 0 Å². The van der Waals surface area contributed by atoms with E-state index >= 15 is 0 Å². The molecule has 0 amide bonds. The average molecular weight is 308 g/mol. The predicted octanol–water partition coefficient (Wildman–Crippen LogP) is 4.06. The molecule has 21 heavy (non-hydrogen) atoms. The van der Waals surface area contributed by atoms with Crippen molar-refractivity contribution >= 4 is 17.4 Å². The Morgan fingerprint density at radius 2 is 2.05 bits per heavy atom. The van der Waals surface area contributed by atoms with E-state index in [1.807, 2.05) is 23.9 Å². The van der Waals surface area contributed by atoms with Crippen molar-refractivity contribution in [3.05, 3.63) is 39.4 Å². The maximum atomic E-state index is 11.0. The first-order chi connectivity index (χ1) is 10.1. The third-order valence-electron chi connectivity index (χ3n) is 4.44. The van der Waals surface area contributed by atoms with Gasteiger partial charge in [-0.1, -0.05) is 31.4 Å². The molecule has 5 heteroatoms. The SMILES string of the molecule is CSC1(CNCc2ccc(C)c([N+](=O)[O-])c2)CCCCC1. The van der Waals surface area contributed by atoms with Crippen LogP contribution in [0.1, 0.15) is 43.2 Å². The third-order valence-corrected chi connectivity index (χ3v) is 5.86. The zero-order chi connectivity index (χ0) is 15.3. The minimum atomic E-state index is -0.302. The molecule has 0 atom stereocenters. The molecular weight excluding hydrogens is 284 g/mol. The largest absolute Gasteiger partial charge is 0.311 e. The summed E-state index contributed by atoms with van der Waals surface area (Å²) < 4.78 is 0.356. The first-order valence-corrected chi connectivity index (χ1v) is 8.79. The molecule has 1 saturated carbocycles. The molecule has 0 unspecified atom stereocenters. The fourth-order valence-corrected chi connectivity index (χ4v) is 3.99. The molecular formula is C16H24N2O2S. The number of hydrogen-bond acceptors (Lipinski definition) is 4. The topological polar surface area (TPSA) is 55.2 Å². The van der Waals surface area contributed by atoms with Gasteiger partial charge in [-0.3, -0.25) is 10.1 Å². The second-order valence-electron chi connectivity index (χ2n) is 5.93. The van der Waals surface area contributed by atoms with Crippen molar-refractivity contribution in [3.63, 3.8) is 0 Å². The highest BCUT2D eigenvalue weighted by Gasteiger charge is 2.30. The van der Waals surface area contributed by atoms with Crippen molar-refractivity contribution in [2.75, 3.05) is 12.8 Å². The first-order valence-electron chi connectivity index (χ1n) is 7.56. The van der Waals surface area contributed by atoms with Crippen LogP contribution in [0.15, 0.2) is 18.2 Å². The van der Waals surface area contributed by atoms with E-state index in [1.165, 1.54) is 32.1 Å². The Morgan fingerprint density at radius 1 is 1.33 bits per heavy atom. The molecule has 0 aromatic heterocycles. The van der Waals surface area contributed by atoms with Gasteiger partial charge >= 0.3 is 0 Å². The number of nitro groups is 1. The third kappa shape index (κ3) is 4.20. The van der Waals surface area contributed by atoms with Crippen LogP contribution in [-0.4, -0.2) is 22.5 Å². The summed E-state index contributed by atoms with van der Waals surface area (Å²) in [6.07, 6.45) is 8.73. The number of rotatable bonds is 6. The van der Waals surface area contributed by atoms with E-state index < -0.39 is 0 Å². The van der Waals surface area contributed by atoms with Gasteiger partial charge in [0.15, 0.2) is 0 Å². The number of benzene rings is 1. The normalized spacial score (nSPS) is 17.6. The Bertz CT molecular complexity index is 499. The van der Waals surface area contributed by atoms with Gasteiger partial charge < -0.3 is 5.32 Å². The molecule has 0 radical (unpaired) electrons. The van der Waals surface area contributed by atoms with Gasteiger partial charge in [0.1, 0.15) is 0 Å². The van der Waals surface area contributed by atoms with E-state index in [9.17, 15) is 10.1 Å². The number of nitrogens with one attached hydrogen (secondary N) is 1. The van der Waals surface area contributed by atoms with Crippen LogP contribution in [0.2, 0.25) is 0 Å². The Kier molecular flexibility index (Phi) is 5.65. The van der Waals surface area contributed by atoms with Gasteiger partial charge in [0.25, 0.3) is 5.69 Å². The number of thioether (sulfide) groups is 1. The van der Waals surface area contributed by atoms with Crippen LogP contribution in [-0.2, 0) is 6.54 Å². The number of aryl methyl sites for hydroxylation is 1. The van der Waals surface area contributed by atoms with Gasteiger partial charge in [0.2, 0.25) is 0 Å². The van der Waals surface area contributed by atoms with Crippen molar-refractivity contribution in [3.8, 4) is 0 Å². The van der Waals surface area contributed by atoms with Crippen LogP contribution in [0.3, 0.4) is 0 Å². The summed E-state index contributed by atoms with van der Waals surface area (Å²) in [6, 6.07) is 5.50. The van der Waals surface area contributed by atoms with Crippen molar-refractivity contribution in [1.29, 1.82) is 0 Å². The zero-order valence-electron chi connectivity index (χ0n) is 12.9. The molecule has 1 N–H and O–H groups in total. The minimum absolute atomic E-state index is 0.214. The lowest BCUT2D eigenvalue weighted by Crippen LogP contribution is -2.39. The van der Waals surface area contributed by atoms with E-state index in [2.05, 4.69) is 11.6 Å².